The number of aryl methyl sites for hydroxylation is 2. The molecule has 0 aliphatic carbocycles. The van der Waals surface area contributed by atoms with Crippen molar-refractivity contribution in [3.05, 3.63) is 70.8 Å². The van der Waals surface area contributed by atoms with E-state index in [1.807, 2.05) is 62.4 Å². The van der Waals surface area contributed by atoms with Crippen LogP contribution in [0.15, 0.2) is 48.5 Å². The molecule has 2 aromatic rings. The first kappa shape index (κ1) is 21.8. The summed E-state index contributed by atoms with van der Waals surface area (Å²) in [6.45, 7) is 4.24. The molecule has 0 saturated carbocycles. The van der Waals surface area contributed by atoms with Crippen molar-refractivity contribution in [3.8, 4) is 0 Å². The average Bonchev–Trinajstić information content (AvgIpc) is 2.61. The Bertz CT molecular complexity index is 744. The Labute approximate surface area is 163 Å². The SMILES string of the molecule is Cc1ccc(C(O)(CN(C)P(=O)(N(C)C)N(C)C)c2ccc(C)cc2)cc1. The molecule has 148 valence electrons. The lowest BCUT2D eigenvalue weighted by Crippen LogP contribution is -2.43. The van der Waals surface area contributed by atoms with E-state index in [4.69, 9.17) is 0 Å². The monoisotopic (exact) mass is 389 g/mol. The van der Waals surface area contributed by atoms with Gasteiger partial charge in [0, 0.05) is 6.54 Å². The molecule has 0 aliphatic rings. The molecule has 1 N–H and O–H groups in total. The number of benzene rings is 2. The van der Waals surface area contributed by atoms with Gasteiger partial charge in [0.2, 0.25) is 0 Å². The molecule has 5 nitrogen and oxygen atoms in total. The molecule has 0 fully saturated rings. The van der Waals surface area contributed by atoms with Crippen LogP contribution >= 0.6 is 7.59 Å². The summed E-state index contributed by atoms with van der Waals surface area (Å²) < 4.78 is 18.8. The topological polar surface area (TPSA) is 47.0 Å². The molecule has 6 heteroatoms. The lowest BCUT2D eigenvalue weighted by Gasteiger charge is -2.41. The number of hydrogen-bond donors (Lipinski definition) is 1. The summed E-state index contributed by atoms with van der Waals surface area (Å²) in [5.74, 6) is 0. The van der Waals surface area contributed by atoms with E-state index in [0.29, 0.717) is 0 Å². The van der Waals surface area contributed by atoms with E-state index < -0.39 is 13.2 Å². The summed E-state index contributed by atoms with van der Waals surface area (Å²) in [7, 11) is 6.03. The van der Waals surface area contributed by atoms with Gasteiger partial charge in [0.15, 0.2) is 0 Å². The molecule has 2 aromatic carbocycles. The van der Waals surface area contributed by atoms with Crippen LogP contribution in [0.3, 0.4) is 0 Å². The van der Waals surface area contributed by atoms with Crippen LogP contribution in [0.1, 0.15) is 22.3 Å². The van der Waals surface area contributed by atoms with Gasteiger partial charge in [-0.25, -0.2) is 14.0 Å². The molecule has 0 aromatic heterocycles. The molecule has 0 unspecified atom stereocenters. The second kappa shape index (κ2) is 8.26. The number of likely N-dealkylation sites (N-methyl/N-ethyl adjacent to an activating group) is 1. The molecule has 0 aliphatic heterocycles. The molecule has 27 heavy (non-hydrogen) atoms. The van der Waals surface area contributed by atoms with Crippen molar-refractivity contribution in [2.75, 3.05) is 41.8 Å². The first-order chi connectivity index (χ1) is 12.5. The maximum absolute atomic E-state index is 13.6. The van der Waals surface area contributed by atoms with Crippen molar-refractivity contribution in [1.29, 1.82) is 0 Å². The summed E-state index contributed by atoms with van der Waals surface area (Å²) in [5, 5.41) is 11.8. The second-order valence-electron chi connectivity index (χ2n) is 7.62. The first-order valence-corrected chi connectivity index (χ1v) is 10.6. The van der Waals surface area contributed by atoms with E-state index in [9.17, 15) is 9.67 Å². The van der Waals surface area contributed by atoms with Gasteiger partial charge in [-0.2, -0.15) is 0 Å². The third kappa shape index (κ3) is 4.34. The molecule has 0 heterocycles. The second-order valence-corrected chi connectivity index (χ2v) is 10.9. The fourth-order valence-corrected chi connectivity index (χ4v) is 5.73. The van der Waals surface area contributed by atoms with E-state index in [1.54, 1.807) is 49.2 Å². The summed E-state index contributed by atoms with van der Waals surface area (Å²) >= 11 is 0. The standard InChI is InChI=1S/C21H32N3O2P/c1-17-8-12-19(13-9-17)21(25,20-14-10-18(2)11-15-20)16-24(7)27(26,22(3)4)23(5)6/h8-15,25H,16H2,1-7H3. The highest BCUT2D eigenvalue weighted by molar-refractivity contribution is 7.56. The van der Waals surface area contributed by atoms with Gasteiger partial charge >= 0.3 is 0 Å². The van der Waals surface area contributed by atoms with Crippen LogP contribution in [0, 0.1) is 13.8 Å². The van der Waals surface area contributed by atoms with Gasteiger partial charge in [-0.15, -0.1) is 0 Å². The van der Waals surface area contributed by atoms with E-state index in [1.165, 1.54) is 0 Å². The number of hydrogen-bond acceptors (Lipinski definition) is 2. The number of aliphatic hydroxyl groups is 1. The lowest BCUT2D eigenvalue weighted by atomic mass is 9.85. The molecule has 0 bridgehead atoms. The molecule has 0 atom stereocenters. The van der Waals surface area contributed by atoms with Crippen LogP contribution in [0.5, 0.6) is 0 Å². The van der Waals surface area contributed by atoms with Crippen molar-refractivity contribution in [2.45, 2.75) is 19.4 Å². The van der Waals surface area contributed by atoms with E-state index in [-0.39, 0.29) is 6.54 Å². The van der Waals surface area contributed by atoms with Crippen molar-refractivity contribution < 1.29 is 9.67 Å². The van der Waals surface area contributed by atoms with Crippen LogP contribution < -0.4 is 0 Å². The Morgan fingerprint density at radius 1 is 0.778 bits per heavy atom. The van der Waals surface area contributed by atoms with E-state index in [0.717, 1.165) is 22.3 Å². The summed E-state index contributed by atoms with van der Waals surface area (Å²) in [6.07, 6.45) is 0. The van der Waals surface area contributed by atoms with Crippen LogP contribution in [0.25, 0.3) is 0 Å². The fourth-order valence-electron chi connectivity index (χ4n) is 3.40. The van der Waals surface area contributed by atoms with Gasteiger partial charge < -0.3 is 5.11 Å². The average molecular weight is 389 g/mol. The highest BCUT2D eigenvalue weighted by Crippen LogP contribution is 2.53. The molecule has 0 saturated heterocycles. The van der Waals surface area contributed by atoms with Gasteiger partial charge in [0.25, 0.3) is 7.59 Å². The summed E-state index contributed by atoms with van der Waals surface area (Å²) in [4.78, 5) is 0. The zero-order valence-electron chi connectivity index (χ0n) is 17.5. The van der Waals surface area contributed by atoms with Gasteiger partial charge in [-0.05, 0) is 60.2 Å². The van der Waals surface area contributed by atoms with Gasteiger partial charge in [-0.1, -0.05) is 59.7 Å². The Morgan fingerprint density at radius 2 is 1.11 bits per heavy atom. The zero-order chi connectivity index (χ0) is 20.4. The van der Waals surface area contributed by atoms with Crippen LogP contribution in [0.4, 0.5) is 0 Å². The molecule has 2 rings (SSSR count). The predicted molar refractivity (Wildman–Crippen MR) is 113 cm³/mol. The van der Waals surface area contributed by atoms with Crippen molar-refractivity contribution >= 4 is 7.59 Å². The maximum Gasteiger partial charge on any atom is 0.285 e. The Kier molecular flexibility index (Phi) is 6.67. The molecular weight excluding hydrogens is 357 g/mol. The fraction of sp³-hybridized carbons (Fsp3) is 0.429. The summed E-state index contributed by atoms with van der Waals surface area (Å²) in [5.41, 5.74) is 2.55. The van der Waals surface area contributed by atoms with Crippen LogP contribution in [-0.4, -0.2) is 60.9 Å². The first-order valence-electron chi connectivity index (χ1n) is 9.05. The minimum Gasteiger partial charge on any atom is -0.379 e. The van der Waals surface area contributed by atoms with Gasteiger partial charge in [-0.3, -0.25) is 4.57 Å². The molecule has 0 radical (unpaired) electrons. The minimum atomic E-state index is -2.97. The van der Waals surface area contributed by atoms with Gasteiger partial charge in [0.1, 0.15) is 5.60 Å². The van der Waals surface area contributed by atoms with Crippen molar-refractivity contribution in [3.63, 3.8) is 0 Å². The van der Waals surface area contributed by atoms with E-state index in [2.05, 4.69) is 0 Å². The highest BCUT2D eigenvalue weighted by atomic mass is 31.2. The normalized spacial score (nSPS) is 13.0. The predicted octanol–water partition coefficient (Wildman–Crippen LogP) is 3.70. The molecule has 0 spiro atoms. The van der Waals surface area contributed by atoms with Gasteiger partial charge in [0.05, 0.1) is 0 Å². The van der Waals surface area contributed by atoms with Crippen molar-refractivity contribution in [2.24, 2.45) is 0 Å². The smallest absolute Gasteiger partial charge is 0.285 e. The number of rotatable bonds is 7. The minimum absolute atomic E-state index is 0.201. The maximum atomic E-state index is 13.6. The summed E-state index contributed by atoms with van der Waals surface area (Å²) in [6, 6.07) is 15.7. The third-order valence-electron chi connectivity index (χ3n) is 5.00. The molecule has 0 amide bonds. The Balaban J connectivity index is 2.55. The van der Waals surface area contributed by atoms with Crippen LogP contribution in [0.2, 0.25) is 0 Å². The number of nitrogens with zero attached hydrogens (tertiary/aromatic N) is 3. The zero-order valence-corrected chi connectivity index (χ0v) is 18.4. The highest BCUT2D eigenvalue weighted by Gasteiger charge is 2.40. The quantitative estimate of drug-likeness (QED) is 0.732. The Morgan fingerprint density at radius 3 is 1.41 bits per heavy atom. The lowest BCUT2D eigenvalue weighted by molar-refractivity contribution is 0.0604. The van der Waals surface area contributed by atoms with Crippen molar-refractivity contribution in [1.82, 2.24) is 14.0 Å². The van der Waals surface area contributed by atoms with Crippen LogP contribution in [-0.2, 0) is 10.2 Å². The largest absolute Gasteiger partial charge is 0.379 e. The van der Waals surface area contributed by atoms with E-state index >= 15 is 0 Å². The third-order valence-corrected chi connectivity index (χ3v) is 8.12. The molecular formula is C21H32N3O2P. The Hall–Kier alpha value is -1.49.